The van der Waals surface area contributed by atoms with Gasteiger partial charge in [-0.1, -0.05) is 6.07 Å². The summed E-state index contributed by atoms with van der Waals surface area (Å²) in [5.74, 6) is -0.288. The minimum absolute atomic E-state index is 0.269. The largest absolute Gasteiger partial charge is 0.543 e. The Balaban J connectivity index is 3.30. The number of nitrogens with zero attached hydrogens (tertiary/aromatic N) is 1. The third-order valence-electron chi connectivity index (χ3n) is 2.09. The van der Waals surface area contributed by atoms with Crippen molar-refractivity contribution in [3.05, 3.63) is 23.8 Å². The minimum atomic E-state index is -1.75. The predicted molar refractivity (Wildman–Crippen MR) is 71.7 cm³/mol. The van der Waals surface area contributed by atoms with Crippen LogP contribution in [0.4, 0.5) is 5.69 Å². The van der Waals surface area contributed by atoms with Gasteiger partial charge in [-0.05, 0) is 31.8 Å². The molecule has 0 radical (unpaired) electrons. The van der Waals surface area contributed by atoms with Gasteiger partial charge in [0.2, 0.25) is 8.32 Å². The molecule has 4 nitrogen and oxygen atoms in total. The van der Waals surface area contributed by atoms with Crippen LogP contribution in [-0.4, -0.2) is 33.5 Å². The summed E-state index contributed by atoms with van der Waals surface area (Å²) in [6, 6.07) is 5.13. The molecular formula is C12H19NO3Si. The average molecular weight is 253 g/mol. The lowest BCUT2D eigenvalue weighted by Gasteiger charge is -2.25. The molecule has 0 spiro atoms. The quantitative estimate of drug-likeness (QED) is 0.838. The van der Waals surface area contributed by atoms with Crippen LogP contribution < -0.4 is 9.33 Å². The summed E-state index contributed by atoms with van der Waals surface area (Å²) >= 11 is 0. The van der Waals surface area contributed by atoms with Gasteiger partial charge in [0.15, 0.2) is 0 Å². The van der Waals surface area contributed by atoms with Crippen LogP contribution in [0.15, 0.2) is 18.2 Å². The molecule has 5 heteroatoms. The zero-order chi connectivity index (χ0) is 13.2. The van der Waals surface area contributed by atoms with Crippen LogP contribution >= 0.6 is 0 Å². The number of benzene rings is 1. The molecule has 0 amide bonds. The van der Waals surface area contributed by atoms with Gasteiger partial charge >= 0.3 is 5.97 Å². The Morgan fingerprint density at radius 3 is 2.29 bits per heavy atom. The van der Waals surface area contributed by atoms with Gasteiger partial charge in [0.1, 0.15) is 5.75 Å². The Bertz CT molecular complexity index is 424. The molecule has 94 valence electrons. The highest BCUT2D eigenvalue weighted by molar-refractivity contribution is 6.70. The number of para-hydroxylation sites is 1. The molecular weight excluding hydrogens is 234 g/mol. The van der Waals surface area contributed by atoms with Crippen molar-refractivity contribution in [2.75, 3.05) is 19.0 Å². The molecule has 0 aliphatic heterocycles. The third-order valence-corrected chi connectivity index (χ3v) is 2.93. The van der Waals surface area contributed by atoms with E-state index >= 15 is 0 Å². The van der Waals surface area contributed by atoms with Gasteiger partial charge in [0.05, 0.1) is 11.3 Å². The lowest BCUT2D eigenvalue weighted by atomic mass is 10.1. The molecule has 0 fully saturated rings. The fourth-order valence-electron chi connectivity index (χ4n) is 1.57. The van der Waals surface area contributed by atoms with E-state index in [4.69, 9.17) is 9.53 Å². The first kappa shape index (κ1) is 13.6. The van der Waals surface area contributed by atoms with Crippen molar-refractivity contribution in [2.24, 2.45) is 0 Å². The molecule has 0 unspecified atom stereocenters. The molecule has 0 aromatic heterocycles. The van der Waals surface area contributed by atoms with E-state index in [0.717, 1.165) is 0 Å². The number of hydrogen-bond donors (Lipinski definition) is 1. The van der Waals surface area contributed by atoms with Crippen molar-refractivity contribution in [1.29, 1.82) is 0 Å². The van der Waals surface area contributed by atoms with Crippen LogP contribution in [0.3, 0.4) is 0 Å². The first-order valence-electron chi connectivity index (χ1n) is 5.45. The summed E-state index contributed by atoms with van der Waals surface area (Å²) in [7, 11) is 1.88. The number of carboxylic acid groups (broad SMARTS) is 1. The maximum atomic E-state index is 11.2. The summed E-state index contributed by atoms with van der Waals surface area (Å²) in [6.45, 7) is 6.21. The highest BCUT2D eigenvalue weighted by atomic mass is 28.4. The fraction of sp³-hybridized carbons (Fsp3) is 0.417. The molecule has 0 saturated carbocycles. The first-order chi connectivity index (χ1) is 7.72. The molecule has 0 saturated heterocycles. The normalized spacial score (nSPS) is 11.1. The van der Waals surface area contributed by atoms with E-state index in [-0.39, 0.29) is 5.56 Å². The Kier molecular flexibility index (Phi) is 3.82. The van der Waals surface area contributed by atoms with Crippen LogP contribution in [0.25, 0.3) is 0 Å². The van der Waals surface area contributed by atoms with Crippen molar-refractivity contribution >= 4 is 20.0 Å². The van der Waals surface area contributed by atoms with Crippen LogP contribution in [0.2, 0.25) is 19.6 Å². The zero-order valence-electron chi connectivity index (χ0n) is 10.9. The van der Waals surface area contributed by atoms with Crippen molar-refractivity contribution in [3.8, 4) is 5.75 Å². The molecule has 0 atom stereocenters. The van der Waals surface area contributed by atoms with Gasteiger partial charge in [-0.25, -0.2) is 4.79 Å². The molecule has 1 aromatic carbocycles. The third kappa shape index (κ3) is 3.49. The summed E-state index contributed by atoms with van der Waals surface area (Å²) in [6.07, 6.45) is 0. The fourth-order valence-corrected chi connectivity index (χ4v) is 2.39. The van der Waals surface area contributed by atoms with E-state index in [9.17, 15) is 4.79 Å². The summed E-state index contributed by atoms with van der Waals surface area (Å²) in [5.41, 5.74) is 0.896. The first-order valence-corrected chi connectivity index (χ1v) is 8.86. The topological polar surface area (TPSA) is 49.8 Å². The van der Waals surface area contributed by atoms with Crippen molar-refractivity contribution in [2.45, 2.75) is 19.6 Å². The Morgan fingerprint density at radius 1 is 1.29 bits per heavy atom. The summed E-state index contributed by atoms with van der Waals surface area (Å²) in [4.78, 5) is 12.9. The molecule has 1 rings (SSSR count). The molecule has 0 aliphatic rings. The SMILES string of the molecule is CN(C)c1c(O[Si](C)(C)C)cccc1C(=O)O. The summed E-state index contributed by atoms with van der Waals surface area (Å²) < 4.78 is 5.92. The smallest absolute Gasteiger partial charge is 0.337 e. The highest BCUT2D eigenvalue weighted by Crippen LogP contribution is 2.32. The number of aromatic carboxylic acids is 1. The zero-order valence-corrected chi connectivity index (χ0v) is 11.9. The van der Waals surface area contributed by atoms with Crippen LogP contribution in [-0.2, 0) is 0 Å². The number of hydrogen-bond acceptors (Lipinski definition) is 3. The maximum Gasteiger partial charge on any atom is 0.337 e. The van der Waals surface area contributed by atoms with E-state index in [1.807, 2.05) is 20.2 Å². The Hall–Kier alpha value is -1.49. The highest BCUT2D eigenvalue weighted by Gasteiger charge is 2.22. The molecule has 0 aliphatic carbocycles. The van der Waals surface area contributed by atoms with Crippen LogP contribution in [0.5, 0.6) is 5.75 Å². The van der Waals surface area contributed by atoms with Gasteiger partial charge < -0.3 is 14.4 Å². The molecule has 1 aromatic rings. The Morgan fingerprint density at radius 2 is 1.88 bits per heavy atom. The van der Waals surface area contributed by atoms with E-state index in [1.54, 1.807) is 17.0 Å². The second kappa shape index (κ2) is 4.79. The molecule has 1 N–H and O–H groups in total. The predicted octanol–water partition coefficient (Wildman–Crippen LogP) is 2.66. The van der Waals surface area contributed by atoms with Gasteiger partial charge in [-0.15, -0.1) is 0 Å². The lowest BCUT2D eigenvalue weighted by molar-refractivity contribution is 0.0697. The molecule has 17 heavy (non-hydrogen) atoms. The van der Waals surface area contributed by atoms with Crippen LogP contribution in [0.1, 0.15) is 10.4 Å². The van der Waals surface area contributed by atoms with Gasteiger partial charge in [-0.3, -0.25) is 0 Å². The van der Waals surface area contributed by atoms with Crippen molar-refractivity contribution < 1.29 is 14.3 Å². The van der Waals surface area contributed by atoms with Gasteiger partial charge in [0, 0.05) is 14.1 Å². The van der Waals surface area contributed by atoms with Gasteiger partial charge in [-0.2, -0.15) is 0 Å². The van der Waals surface area contributed by atoms with E-state index in [1.165, 1.54) is 0 Å². The van der Waals surface area contributed by atoms with Crippen LogP contribution in [0, 0.1) is 0 Å². The van der Waals surface area contributed by atoms with E-state index in [0.29, 0.717) is 11.4 Å². The lowest BCUT2D eigenvalue weighted by Crippen LogP contribution is -2.30. The van der Waals surface area contributed by atoms with E-state index < -0.39 is 14.3 Å². The van der Waals surface area contributed by atoms with Crippen molar-refractivity contribution in [3.63, 3.8) is 0 Å². The Labute approximate surface area is 103 Å². The summed E-state index contributed by atoms with van der Waals surface area (Å²) in [5, 5.41) is 9.17. The number of carbonyl (C=O) groups is 1. The monoisotopic (exact) mass is 253 g/mol. The molecule has 0 heterocycles. The number of rotatable bonds is 4. The second-order valence-corrected chi connectivity index (χ2v) is 9.50. The van der Waals surface area contributed by atoms with E-state index in [2.05, 4.69) is 19.6 Å². The maximum absolute atomic E-state index is 11.2. The van der Waals surface area contributed by atoms with Gasteiger partial charge in [0.25, 0.3) is 0 Å². The standard InChI is InChI=1S/C12H19NO3Si/c1-13(2)11-9(12(14)15)7-6-8-10(11)16-17(3,4)5/h6-8H,1-5H3,(H,14,15). The minimum Gasteiger partial charge on any atom is -0.543 e. The second-order valence-electron chi connectivity index (χ2n) is 5.07. The number of anilines is 1. The average Bonchev–Trinajstić information content (AvgIpc) is 2.14. The van der Waals surface area contributed by atoms with Crippen molar-refractivity contribution in [1.82, 2.24) is 0 Å². The number of carboxylic acids is 1. The molecule has 0 bridgehead atoms.